The van der Waals surface area contributed by atoms with Crippen molar-refractivity contribution in [1.29, 1.82) is 0 Å². The molecule has 3 aliphatic rings. The highest BCUT2D eigenvalue weighted by atomic mass is 19.4. The van der Waals surface area contributed by atoms with Gasteiger partial charge in [0.2, 0.25) is 17.7 Å². The van der Waals surface area contributed by atoms with Gasteiger partial charge in [-0.15, -0.1) is 0 Å². The van der Waals surface area contributed by atoms with Crippen molar-refractivity contribution in [3.8, 4) is 0 Å². The molecule has 1 saturated heterocycles. The first kappa shape index (κ1) is 21.4. The molecular weight excluding hydrogens is 393 g/mol. The molecule has 4 N–H and O–H groups in total. The van der Waals surface area contributed by atoms with E-state index < -0.39 is 47.9 Å². The maximum atomic E-state index is 13.1. The molecule has 11 heteroatoms. The van der Waals surface area contributed by atoms with Crippen LogP contribution in [0.25, 0.3) is 0 Å². The first-order valence-corrected chi connectivity index (χ1v) is 9.54. The second-order valence-corrected chi connectivity index (χ2v) is 8.81. The Kier molecular flexibility index (Phi) is 5.07. The molecule has 0 aromatic heterocycles. The van der Waals surface area contributed by atoms with E-state index in [1.54, 1.807) is 5.32 Å². The Balaban J connectivity index is 1.79. The van der Waals surface area contributed by atoms with E-state index in [-0.39, 0.29) is 29.7 Å². The maximum absolute atomic E-state index is 13.1. The Morgan fingerprint density at radius 2 is 1.72 bits per heavy atom. The number of alkyl halides is 3. The van der Waals surface area contributed by atoms with Gasteiger partial charge in [0, 0.05) is 6.54 Å². The number of rotatable bonds is 6. The summed E-state index contributed by atoms with van der Waals surface area (Å²) in [5.74, 6) is -4.72. The van der Waals surface area contributed by atoms with Crippen LogP contribution in [0.3, 0.4) is 0 Å². The van der Waals surface area contributed by atoms with Crippen molar-refractivity contribution in [3.63, 3.8) is 0 Å². The Labute approximate surface area is 165 Å². The van der Waals surface area contributed by atoms with Crippen LogP contribution in [0, 0.1) is 23.2 Å². The smallest absolute Gasteiger partial charge is 0.368 e. The number of carbonyl (C=O) groups excluding carboxylic acids is 4. The lowest BCUT2D eigenvalue weighted by molar-refractivity contribution is -0.175. The van der Waals surface area contributed by atoms with E-state index in [4.69, 9.17) is 5.73 Å². The van der Waals surface area contributed by atoms with E-state index in [0.29, 0.717) is 12.8 Å². The highest BCUT2D eigenvalue weighted by molar-refractivity contribution is 5.96. The van der Waals surface area contributed by atoms with Crippen LogP contribution >= 0.6 is 0 Å². The van der Waals surface area contributed by atoms with Crippen LogP contribution in [0.5, 0.6) is 0 Å². The minimum Gasteiger partial charge on any atom is -0.368 e. The van der Waals surface area contributed by atoms with Crippen molar-refractivity contribution >= 4 is 23.6 Å². The zero-order valence-corrected chi connectivity index (χ0v) is 16.4. The SMILES string of the molecule is C[C@H](NC(=O)[C@@H]1[C@@H]2[C@H](CN1C(=O)[C@@H](NC(=O)C(F)(F)F)C1CC1)C2(C)C)C(N)=O. The lowest BCUT2D eigenvalue weighted by Crippen LogP contribution is -2.59. The Bertz CT molecular complexity index is 750. The van der Waals surface area contributed by atoms with Gasteiger partial charge in [-0.25, -0.2) is 0 Å². The number of fused-ring (bicyclic) bond motifs is 1. The molecule has 0 bridgehead atoms. The molecule has 4 amide bonds. The molecule has 3 rings (SSSR count). The average molecular weight is 418 g/mol. The zero-order chi connectivity index (χ0) is 21.9. The number of carbonyl (C=O) groups is 4. The molecular formula is C18H25F3N4O4. The van der Waals surface area contributed by atoms with Crippen molar-refractivity contribution in [3.05, 3.63) is 0 Å². The van der Waals surface area contributed by atoms with Gasteiger partial charge in [0.05, 0.1) is 0 Å². The highest BCUT2D eigenvalue weighted by Gasteiger charge is 2.70. The number of hydrogen-bond donors (Lipinski definition) is 3. The van der Waals surface area contributed by atoms with Gasteiger partial charge in [0.25, 0.3) is 0 Å². The summed E-state index contributed by atoms with van der Waals surface area (Å²) in [6.45, 7) is 5.52. The second kappa shape index (κ2) is 6.88. The summed E-state index contributed by atoms with van der Waals surface area (Å²) in [7, 11) is 0. The van der Waals surface area contributed by atoms with Gasteiger partial charge >= 0.3 is 12.1 Å². The van der Waals surface area contributed by atoms with Gasteiger partial charge in [0.15, 0.2) is 0 Å². The van der Waals surface area contributed by atoms with Crippen LogP contribution < -0.4 is 16.4 Å². The van der Waals surface area contributed by atoms with E-state index >= 15 is 0 Å². The molecule has 2 aliphatic carbocycles. The van der Waals surface area contributed by atoms with E-state index in [1.165, 1.54) is 11.8 Å². The number of hydrogen-bond acceptors (Lipinski definition) is 4. The monoisotopic (exact) mass is 418 g/mol. The van der Waals surface area contributed by atoms with E-state index in [1.807, 2.05) is 13.8 Å². The lowest BCUT2D eigenvalue weighted by Gasteiger charge is -2.33. The Morgan fingerprint density at radius 3 is 2.21 bits per heavy atom. The van der Waals surface area contributed by atoms with Crippen LogP contribution in [0.2, 0.25) is 0 Å². The molecule has 0 radical (unpaired) electrons. The molecule has 1 heterocycles. The van der Waals surface area contributed by atoms with Crippen LogP contribution in [0.4, 0.5) is 13.2 Å². The molecule has 162 valence electrons. The zero-order valence-electron chi connectivity index (χ0n) is 16.4. The molecule has 8 nitrogen and oxygen atoms in total. The van der Waals surface area contributed by atoms with Crippen molar-refractivity contribution in [2.24, 2.45) is 28.9 Å². The molecule has 5 atom stereocenters. The fourth-order valence-electron chi connectivity index (χ4n) is 4.40. The summed E-state index contributed by atoms with van der Waals surface area (Å²) in [6, 6.07) is -3.20. The largest absolute Gasteiger partial charge is 0.471 e. The number of nitrogens with two attached hydrogens (primary N) is 1. The molecule has 0 unspecified atom stereocenters. The number of nitrogens with one attached hydrogen (secondary N) is 2. The molecule has 2 saturated carbocycles. The van der Waals surface area contributed by atoms with E-state index in [2.05, 4.69) is 5.32 Å². The van der Waals surface area contributed by atoms with Gasteiger partial charge < -0.3 is 21.3 Å². The number of likely N-dealkylation sites (tertiary alicyclic amines) is 1. The highest BCUT2D eigenvalue weighted by Crippen LogP contribution is 2.65. The minimum atomic E-state index is -5.10. The lowest BCUT2D eigenvalue weighted by atomic mass is 9.99. The van der Waals surface area contributed by atoms with Gasteiger partial charge in [0.1, 0.15) is 18.1 Å². The fourth-order valence-corrected chi connectivity index (χ4v) is 4.40. The van der Waals surface area contributed by atoms with Crippen molar-refractivity contribution in [2.45, 2.75) is 57.9 Å². The third-order valence-electron chi connectivity index (χ3n) is 6.45. The summed E-state index contributed by atoms with van der Waals surface area (Å²) in [4.78, 5) is 49.8. The number of halogens is 3. The summed E-state index contributed by atoms with van der Waals surface area (Å²) in [5.41, 5.74) is 4.97. The fraction of sp³-hybridized carbons (Fsp3) is 0.778. The second-order valence-electron chi connectivity index (χ2n) is 8.81. The average Bonchev–Trinajstić information content (AvgIpc) is 3.46. The van der Waals surface area contributed by atoms with Crippen molar-refractivity contribution in [2.75, 3.05) is 6.54 Å². The number of piperidine rings is 1. The van der Waals surface area contributed by atoms with Crippen molar-refractivity contribution in [1.82, 2.24) is 15.5 Å². The molecule has 0 aromatic carbocycles. The van der Waals surface area contributed by atoms with Crippen LogP contribution in [-0.2, 0) is 19.2 Å². The molecule has 0 aromatic rings. The standard InChI is InChI=1S/C18H25F3N4O4/c1-7(13(22)26)23-14(27)12-10-9(17(10,2)3)6-25(12)15(28)11(8-4-5-8)24-16(29)18(19,20)21/h7-12H,4-6H2,1-3H3,(H2,22,26)(H,23,27)(H,24,29)/t7-,9-,10-,11-,12-/m0/s1. The first-order valence-electron chi connectivity index (χ1n) is 9.54. The van der Waals surface area contributed by atoms with Gasteiger partial charge in [-0.2, -0.15) is 13.2 Å². The molecule has 1 aliphatic heterocycles. The minimum absolute atomic E-state index is 0.0178. The quantitative estimate of drug-likeness (QED) is 0.558. The predicted molar refractivity (Wildman–Crippen MR) is 93.8 cm³/mol. The Hall–Kier alpha value is -2.33. The molecule has 0 spiro atoms. The summed E-state index contributed by atoms with van der Waals surface area (Å²) in [6.07, 6.45) is -4.05. The number of amides is 4. The normalized spacial score (nSPS) is 29.4. The van der Waals surface area contributed by atoms with E-state index in [9.17, 15) is 32.3 Å². The molecule has 29 heavy (non-hydrogen) atoms. The number of primary amides is 1. The van der Waals surface area contributed by atoms with Gasteiger partial charge in [-0.3, -0.25) is 19.2 Å². The topological polar surface area (TPSA) is 122 Å². The number of nitrogens with zero attached hydrogens (tertiary/aromatic N) is 1. The Morgan fingerprint density at radius 1 is 1.14 bits per heavy atom. The van der Waals surface area contributed by atoms with Crippen LogP contribution in [0.1, 0.15) is 33.6 Å². The predicted octanol–water partition coefficient (Wildman–Crippen LogP) is -0.0835. The maximum Gasteiger partial charge on any atom is 0.471 e. The van der Waals surface area contributed by atoms with Crippen LogP contribution in [-0.4, -0.2) is 59.4 Å². The van der Waals surface area contributed by atoms with Gasteiger partial charge in [-0.05, 0) is 42.9 Å². The van der Waals surface area contributed by atoms with Crippen molar-refractivity contribution < 1.29 is 32.3 Å². The first-order chi connectivity index (χ1) is 13.3. The summed E-state index contributed by atoms with van der Waals surface area (Å²) >= 11 is 0. The van der Waals surface area contributed by atoms with Gasteiger partial charge in [-0.1, -0.05) is 13.8 Å². The summed E-state index contributed by atoms with van der Waals surface area (Å²) in [5, 5.41) is 4.28. The van der Waals surface area contributed by atoms with Crippen LogP contribution in [0.15, 0.2) is 0 Å². The third kappa shape index (κ3) is 3.91. The summed E-state index contributed by atoms with van der Waals surface area (Å²) < 4.78 is 38.1. The van der Waals surface area contributed by atoms with E-state index in [0.717, 1.165) is 0 Å². The third-order valence-corrected chi connectivity index (χ3v) is 6.45. The molecule has 3 fully saturated rings.